The number of fused-ring (bicyclic) bond motifs is 2. The van der Waals surface area contributed by atoms with E-state index in [4.69, 9.17) is 14.2 Å². The van der Waals surface area contributed by atoms with Crippen LogP contribution in [-0.4, -0.2) is 30.3 Å². The van der Waals surface area contributed by atoms with Crippen LogP contribution in [0.5, 0.6) is 11.5 Å². The van der Waals surface area contributed by atoms with Gasteiger partial charge in [0.2, 0.25) is 6.79 Å². The number of anilines is 1. The first-order valence-electron chi connectivity index (χ1n) is 8.75. The molecule has 4 rings (SSSR count). The lowest BCUT2D eigenvalue weighted by molar-refractivity contribution is -0.119. The van der Waals surface area contributed by atoms with Gasteiger partial charge >= 0.3 is 5.97 Å². The summed E-state index contributed by atoms with van der Waals surface area (Å²) in [5.41, 5.74) is 3.08. The Labute approximate surface area is 161 Å². The standard InChI is InChI=1S/C21H18N2O5/c1-12-15-5-3-4-6-16(15)22-13(2)20(12)21(25)26-10-19(24)23-14-7-8-17-18(9-14)28-11-27-17/h3-9H,10-11H2,1-2H3,(H,23,24). The van der Waals surface area contributed by atoms with Gasteiger partial charge in [-0.2, -0.15) is 0 Å². The van der Waals surface area contributed by atoms with Crippen molar-refractivity contribution in [1.29, 1.82) is 0 Å². The molecule has 28 heavy (non-hydrogen) atoms. The zero-order chi connectivity index (χ0) is 19.7. The second-order valence-electron chi connectivity index (χ2n) is 6.41. The molecule has 1 N–H and O–H groups in total. The van der Waals surface area contributed by atoms with Crippen molar-refractivity contribution in [3.63, 3.8) is 0 Å². The van der Waals surface area contributed by atoms with E-state index in [9.17, 15) is 9.59 Å². The monoisotopic (exact) mass is 378 g/mol. The number of nitrogens with one attached hydrogen (secondary N) is 1. The number of para-hydroxylation sites is 1. The van der Waals surface area contributed by atoms with Crippen molar-refractivity contribution in [2.24, 2.45) is 0 Å². The number of pyridine rings is 1. The highest BCUT2D eigenvalue weighted by molar-refractivity contribution is 6.00. The molecule has 0 saturated heterocycles. The van der Waals surface area contributed by atoms with Crippen molar-refractivity contribution < 1.29 is 23.8 Å². The van der Waals surface area contributed by atoms with E-state index in [0.29, 0.717) is 28.4 Å². The van der Waals surface area contributed by atoms with Crippen molar-refractivity contribution in [2.75, 3.05) is 18.7 Å². The van der Waals surface area contributed by atoms with Gasteiger partial charge in [-0.3, -0.25) is 9.78 Å². The van der Waals surface area contributed by atoms with Crippen LogP contribution in [0, 0.1) is 13.8 Å². The molecule has 0 radical (unpaired) electrons. The predicted molar refractivity (Wildman–Crippen MR) is 103 cm³/mol. The normalized spacial score (nSPS) is 12.1. The maximum absolute atomic E-state index is 12.6. The van der Waals surface area contributed by atoms with E-state index in [1.807, 2.05) is 31.2 Å². The van der Waals surface area contributed by atoms with Crippen molar-refractivity contribution >= 4 is 28.5 Å². The molecule has 1 amide bonds. The first kappa shape index (κ1) is 17.8. The number of esters is 1. The molecule has 0 fully saturated rings. The summed E-state index contributed by atoms with van der Waals surface area (Å²) in [6.07, 6.45) is 0. The molecular weight excluding hydrogens is 360 g/mol. The number of aromatic nitrogens is 1. The molecule has 2 aromatic carbocycles. The fourth-order valence-corrected chi connectivity index (χ4v) is 3.21. The summed E-state index contributed by atoms with van der Waals surface area (Å²) < 4.78 is 15.7. The second kappa shape index (κ2) is 7.19. The first-order chi connectivity index (χ1) is 13.5. The van der Waals surface area contributed by atoms with Crippen LogP contribution in [0.3, 0.4) is 0 Å². The van der Waals surface area contributed by atoms with Gasteiger partial charge in [0.05, 0.1) is 16.8 Å². The van der Waals surface area contributed by atoms with E-state index in [2.05, 4.69) is 10.3 Å². The van der Waals surface area contributed by atoms with Crippen LogP contribution in [0.1, 0.15) is 21.6 Å². The lowest BCUT2D eigenvalue weighted by atomic mass is 10.0. The molecule has 7 nitrogen and oxygen atoms in total. The molecule has 142 valence electrons. The highest BCUT2D eigenvalue weighted by Gasteiger charge is 2.19. The molecule has 0 bridgehead atoms. The summed E-state index contributed by atoms with van der Waals surface area (Å²) in [4.78, 5) is 29.2. The van der Waals surface area contributed by atoms with E-state index in [1.54, 1.807) is 25.1 Å². The van der Waals surface area contributed by atoms with Crippen LogP contribution in [-0.2, 0) is 9.53 Å². The summed E-state index contributed by atoms with van der Waals surface area (Å²) in [5.74, 6) is 0.160. The summed E-state index contributed by atoms with van der Waals surface area (Å²) in [6, 6.07) is 12.6. The Morgan fingerprint density at radius 2 is 1.89 bits per heavy atom. The highest BCUT2D eigenvalue weighted by Crippen LogP contribution is 2.34. The van der Waals surface area contributed by atoms with E-state index < -0.39 is 18.5 Å². The SMILES string of the molecule is Cc1nc2ccccc2c(C)c1C(=O)OCC(=O)Nc1ccc2c(c1)OCO2. The molecule has 0 saturated carbocycles. The van der Waals surface area contributed by atoms with Crippen molar-refractivity contribution in [1.82, 2.24) is 4.98 Å². The second-order valence-corrected chi connectivity index (χ2v) is 6.41. The van der Waals surface area contributed by atoms with Gasteiger partial charge in [-0.1, -0.05) is 18.2 Å². The van der Waals surface area contributed by atoms with Gasteiger partial charge in [-0.05, 0) is 37.6 Å². The van der Waals surface area contributed by atoms with Gasteiger partial charge in [0.15, 0.2) is 18.1 Å². The Balaban J connectivity index is 1.44. The summed E-state index contributed by atoms with van der Waals surface area (Å²) in [7, 11) is 0. The summed E-state index contributed by atoms with van der Waals surface area (Å²) in [6.45, 7) is 3.35. The van der Waals surface area contributed by atoms with Crippen molar-refractivity contribution in [3.05, 3.63) is 59.3 Å². The Morgan fingerprint density at radius 1 is 1.11 bits per heavy atom. The Hall–Kier alpha value is -3.61. The molecule has 3 aromatic rings. The van der Waals surface area contributed by atoms with E-state index in [-0.39, 0.29) is 6.79 Å². The number of nitrogens with zero attached hydrogens (tertiary/aromatic N) is 1. The van der Waals surface area contributed by atoms with E-state index in [1.165, 1.54) is 0 Å². The minimum Gasteiger partial charge on any atom is -0.454 e. The average molecular weight is 378 g/mol. The Kier molecular flexibility index (Phi) is 4.57. The minimum atomic E-state index is -0.575. The van der Waals surface area contributed by atoms with Crippen LogP contribution >= 0.6 is 0 Å². The Bertz CT molecular complexity index is 1090. The van der Waals surface area contributed by atoms with Gasteiger partial charge in [-0.15, -0.1) is 0 Å². The zero-order valence-electron chi connectivity index (χ0n) is 15.4. The van der Waals surface area contributed by atoms with Gasteiger partial charge in [0.1, 0.15) is 0 Å². The fourth-order valence-electron chi connectivity index (χ4n) is 3.21. The average Bonchev–Trinajstić information content (AvgIpc) is 3.14. The lowest BCUT2D eigenvalue weighted by Gasteiger charge is -2.12. The Morgan fingerprint density at radius 3 is 2.75 bits per heavy atom. The number of rotatable bonds is 4. The van der Waals surface area contributed by atoms with Crippen LogP contribution in [0.4, 0.5) is 5.69 Å². The number of hydrogen-bond donors (Lipinski definition) is 1. The molecule has 2 heterocycles. The molecule has 1 aliphatic heterocycles. The quantitative estimate of drug-likeness (QED) is 0.701. The van der Waals surface area contributed by atoms with Gasteiger partial charge < -0.3 is 19.5 Å². The van der Waals surface area contributed by atoms with Gasteiger partial charge in [0.25, 0.3) is 5.91 Å². The number of amides is 1. The molecule has 1 aliphatic rings. The molecule has 0 unspecified atom stereocenters. The lowest BCUT2D eigenvalue weighted by Crippen LogP contribution is -2.22. The molecular formula is C21H18N2O5. The van der Waals surface area contributed by atoms with Crippen LogP contribution in [0.25, 0.3) is 10.9 Å². The minimum absolute atomic E-state index is 0.156. The molecule has 1 aromatic heterocycles. The number of hydrogen-bond acceptors (Lipinski definition) is 6. The number of ether oxygens (including phenoxy) is 3. The van der Waals surface area contributed by atoms with Crippen molar-refractivity contribution in [2.45, 2.75) is 13.8 Å². The fraction of sp³-hybridized carbons (Fsp3) is 0.190. The zero-order valence-corrected chi connectivity index (χ0v) is 15.4. The largest absolute Gasteiger partial charge is 0.454 e. The van der Waals surface area contributed by atoms with Crippen LogP contribution < -0.4 is 14.8 Å². The third kappa shape index (κ3) is 3.34. The summed E-state index contributed by atoms with van der Waals surface area (Å²) in [5, 5.41) is 3.55. The predicted octanol–water partition coefficient (Wildman–Crippen LogP) is 3.38. The van der Waals surface area contributed by atoms with Crippen LogP contribution in [0.2, 0.25) is 0 Å². The maximum Gasteiger partial charge on any atom is 0.340 e. The number of carbonyl (C=O) groups is 2. The third-order valence-electron chi connectivity index (χ3n) is 4.53. The smallest absolute Gasteiger partial charge is 0.340 e. The topological polar surface area (TPSA) is 86.8 Å². The number of aryl methyl sites for hydroxylation is 2. The molecule has 0 aliphatic carbocycles. The van der Waals surface area contributed by atoms with Crippen LogP contribution in [0.15, 0.2) is 42.5 Å². The third-order valence-corrected chi connectivity index (χ3v) is 4.53. The highest BCUT2D eigenvalue weighted by atomic mass is 16.7. The van der Waals surface area contributed by atoms with Crippen molar-refractivity contribution in [3.8, 4) is 11.5 Å². The number of benzene rings is 2. The van der Waals surface area contributed by atoms with E-state index >= 15 is 0 Å². The maximum atomic E-state index is 12.6. The van der Waals surface area contributed by atoms with Gasteiger partial charge in [0, 0.05) is 17.1 Å². The number of carbonyl (C=O) groups excluding carboxylic acids is 2. The van der Waals surface area contributed by atoms with E-state index in [0.717, 1.165) is 16.5 Å². The molecule has 0 spiro atoms. The molecule has 7 heteroatoms. The molecule has 0 atom stereocenters. The summed E-state index contributed by atoms with van der Waals surface area (Å²) >= 11 is 0. The first-order valence-corrected chi connectivity index (χ1v) is 8.75. The van der Waals surface area contributed by atoms with Gasteiger partial charge in [-0.25, -0.2) is 4.79 Å².